The van der Waals surface area contributed by atoms with Gasteiger partial charge in [0.25, 0.3) is 0 Å². The van der Waals surface area contributed by atoms with E-state index in [1.807, 2.05) is 66.5 Å². The lowest BCUT2D eigenvalue weighted by molar-refractivity contribution is 0.171. The molecule has 270 valence electrons. The summed E-state index contributed by atoms with van der Waals surface area (Å²) in [7, 11) is 0. The highest BCUT2D eigenvalue weighted by atomic mass is 16.5. The number of urea groups is 1. The number of benzene rings is 1. The molecule has 4 aromatic rings. The van der Waals surface area contributed by atoms with E-state index in [2.05, 4.69) is 53.2 Å². The van der Waals surface area contributed by atoms with Crippen LogP contribution in [0, 0.1) is 10.8 Å². The molecule has 3 aliphatic rings. The Hall–Kier alpha value is -4.91. The zero-order valence-corrected chi connectivity index (χ0v) is 30.1. The lowest BCUT2D eigenvalue weighted by Crippen LogP contribution is -2.41. The van der Waals surface area contributed by atoms with Gasteiger partial charge in [0.05, 0.1) is 30.7 Å². The van der Waals surface area contributed by atoms with E-state index in [9.17, 15) is 4.79 Å². The summed E-state index contributed by atoms with van der Waals surface area (Å²) in [6.45, 7) is 12.0. The Bertz CT molecular complexity index is 1860. The first-order chi connectivity index (χ1) is 24.7. The Morgan fingerprint density at radius 3 is 2.49 bits per heavy atom. The zero-order chi connectivity index (χ0) is 35.4. The number of allylic oxidation sites excluding steroid dienone is 1. The molecule has 13 heteroatoms. The largest absolute Gasteiger partial charge is 0.484 e. The molecular weight excluding hydrogens is 642 g/mol. The minimum absolute atomic E-state index is 0.166. The number of nitrogens with zero attached hydrogens (tertiary/aromatic N) is 7. The minimum atomic E-state index is -0.393. The van der Waals surface area contributed by atoms with Crippen molar-refractivity contribution in [2.24, 2.45) is 5.41 Å². The maximum absolute atomic E-state index is 13.6. The molecule has 2 amide bonds. The van der Waals surface area contributed by atoms with Crippen LogP contribution >= 0.6 is 0 Å². The minimum Gasteiger partial charge on any atom is -0.484 e. The molecule has 1 aromatic carbocycles. The van der Waals surface area contributed by atoms with Gasteiger partial charge < -0.3 is 30.6 Å². The summed E-state index contributed by atoms with van der Waals surface area (Å²) in [4.78, 5) is 18.3. The highest BCUT2D eigenvalue weighted by Crippen LogP contribution is 2.39. The van der Waals surface area contributed by atoms with E-state index in [0.717, 1.165) is 92.7 Å². The average Bonchev–Trinajstić information content (AvgIpc) is 3.90. The van der Waals surface area contributed by atoms with Gasteiger partial charge in [-0.05, 0) is 81.3 Å². The SMILES string of the molecule is CC(C)(C)C(=N)/C=C(/NC(=O)NC1CCC(Oc2ccc3nnc(N4CCCCC4)n3c2)c2ccccc21)Nc1cnn(CCN2CCCC2)c1. The van der Waals surface area contributed by atoms with Crippen LogP contribution in [0.25, 0.3) is 5.65 Å². The number of aromatic nitrogens is 5. The lowest BCUT2D eigenvalue weighted by Gasteiger charge is -2.32. The zero-order valence-electron chi connectivity index (χ0n) is 30.1. The number of carbonyl (C=O) groups is 1. The summed E-state index contributed by atoms with van der Waals surface area (Å²) in [5.74, 6) is 2.04. The summed E-state index contributed by atoms with van der Waals surface area (Å²) in [5.41, 5.74) is 3.63. The molecule has 0 radical (unpaired) electrons. The number of nitrogens with one attached hydrogen (secondary N) is 4. The summed E-state index contributed by atoms with van der Waals surface area (Å²) in [6, 6.07) is 11.5. The number of rotatable bonds is 11. The van der Waals surface area contributed by atoms with Gasteiger partial charge >= 0.3 is 6.03 Å². The van der Waals surface area contributed by atoms with Gasteiger partial charge in [-0.15, -0.1) is 10.2 Å². The van der Waals surface area contributed by atoms with Crippen LogP contribution in [0.15, 0.2) is 66.9 Å². The van der Waals surface area contributed by atoms with Crippen LogP contribution in [0.2, 0.25) is 0 Å². The van der Waals surface area contributed by atoms with Gasteiger partial charge in [0.15, 0.2) is 5.65 Å². The molecule has 13 nitrogen and oxygen atoms in total. The van der Waals surface area contributed by atoms with Gasteiger partial charge in [0.1, 0.15) is 17.7 Å². The maximum Gasteiger partial charge on any atom is 0.320 e. The van der Waals surface area contributed by atoms with Crippen molar-refractivity contribution >= 4 is 29.0 Å². The number of hydrogen-bond acceptors (Lipinski definition) is 9. The van der Waals surface area contributed by atoms with Crippen molar-refractivity contribution in [3.05, 3.63) is 78.0 Å². The molecule has 5 heterocycles. The molecule has 0 spiro atoms. The molecule has 2 fully saturated rings. The third-order valence-corrected chi connectivity index (χ3v) is 10.1. The van der Waals surface area contributed by atoms with E-state index in [-0.39, 0.29) is 18.2 Å². The number of amides is 2. The van der Waals surface area contributed by atoms with Gasteiger partial charge in [-0.25, -0.2) is 4.79 Å². The van der Waals surface area contributed by atoms with Crippen molar-refractivity contribution in [1.29, 1.82) is 5.41 Å². The number of hydrogen-bond donors (Lipinski definition) is 4. The number of piperidine rings is 1. The van der Waals surface area contributed by atoms with Gasteiger partial charge in [-0.3, -0.25) is 14.4 Å². The summed E-state index contributed by atoms with van der Waals surface area (Å²) in [5, 5.41) is 31.6. The first-order valence-electron chi connectivity index (χ1n) is 18.4. The quantitative estimate of drug-likeness (QED) is 0.135. The Morgan fingerprint density at radius 1 is 0.941 bits per heavy atom. The fraction of sp³-hybridized carbons (Fsp3) is 0.500. The fourth-order valence-electron chi connectivity index (χ4n) is 7.16. The van der Waals surface area contributed by atoms with Gasteiger partial charge in [0, 0.05) is 43.0 Å². The van der Waals surface area contributed by atoms with Crippen LogP contribution in [0.1, 0.15) is 89.0 Å². The second-order valence-electron chi connectivity index (χ2n) is 15.0. The Morgan fingerprint density at radius 2 is 1.71 bits per heavy atom. The van der Waals surface area contributed by atoms with Crippen LogP contribution in [0.4, 0.5) is 16.4 Å². The maximum atomic E-state index is 13.6. The number of ether oxygens (including phenoxy) is 1. The van der Waals surface area contributed by atoms with E-state index < -0.39 is 5.41 Å². The van der Waals surface area contributed by atoms with Crippen LogP contribution in [0.3, 0.4) is 0 Å². The molecule has 2 saturated heterocycles. The molecule has 1 aliphatic carbocycles. The molecule has 51 heavy (non-hydrogen) atoms. The van der Waals surface area contributed by atoms with Gasteiger partial charge in [-0.2, -0.15) is 5.10 Å². The Kier molecular flexibility index (Phi) is 10.3. The van der Waals surface area contributed by atoms with Crippen molar-refractivity contribution in [1.82, 2.24) is 39.9 Å². The highest BCUT2D eigenvalue weighted by molar-refractivity contribution is 5.97. The first kappa shape index (κ1) is 34.5. The molecule has 2 atom stereocenters. The van der Waals surface area contributed by atoms with Crippen molar-refractivity contribution in [3.63, 3.8) is 0 Å². The lowest BCUT2D eigenvalue weighted by atomic mass is 9.85. The van der Waals surface area contributed by atoms with E-state index in [4.69, 9.17) is 10.1 Å². The number of anilines is 2. The monoisotopic (exact) mass is 693 g/mol. The molecule has 0 saturated carbocycles. The predicted octanol–water partition coefficient (Wildman–Crippen LogP) is 6.29. The third kappa shape index (κ3) is 8.36. The molecule has 2 unspecified atom stereocenters. The molecule has 3 aromatic heterocycles. The van der Waals surface area contributed by atoms with Crippen molar-refractivity contribution in [2.75, 3.05) is 42.9 Å². The second kappa shape index (κ2) is 15.1. The topological polar surface area (TPSA) is 141 Å². The number of fused-ring (bicyclic) bond motifs is 2. The van der Waals surface area contributed by atoms with Crippen molar-refractivity contribution in [3.8, 4) is 5.75 Å². The number of likely N-dealkylation sites (tertiary alicyclic amines) is 1. The first-order valence-corrected chi connectivity index (χ1v) is 18.4. The molecule has 0 bridgehead atoms. The van der Waals surface area contributed by atoms with Gasteiger partial charge in [-0.1, -0.05) is 45.0 Å². The number of carbonyl (C=O) groups excluding carboxylic acids is 1. The van der Waals surface area contributed by atoms with Crippen LogP contribution in [0.5, 0.6) is 5.75 Å². The number of pyridine rings is 1. The van der Waals surface area contributed by atoms with E-state index in [0.29, 0.717) is 18.0 Å². The van der Waals surface area contributed by atoms with Crippen molar-refractivity contribution < 1.29 is 9.53 Å². The second-order valence-corrected chi connectivity index (χ2v) is 15.0. The molecular formula is C38H51N11O2. The van der Waals surface area contributed by atoms with Crippen molar-refractivity contribution in [2.45, 2.75) is 84.4 Å². The Balaban J connectivity index is 1.02. The van der Waals surface area contributed by atoms with E-state index in [1.165, 1.54) is 19.3 Å². The Labute approximate surface area is 299 Å². The smallest absolute Gasteiger partial charge is 0.320 e. The highest BCUT2D eigenvalue weighted by Gasteiger charge is 2.30. The molecule has 4 N–H and O–H groups in total. The normalized spacial score (nSPS) is 19.9. The van der Waals surface area contributed by atoms with Crippen LogP contribution in [-0.4, -0.2) is 73.7 Å². The van der Waals surface area contributed by atoms with E-state index in [1.54, 1.807) is 12.3 Å². The predicted molar refractivity (Wildman–Crippen MR) is 199 cm³/mol. The van der Waals surface area contributed by atoms with Crippen LogP contribution < -0.4 is 25.6 Å². The standard InChI is InChI=1S/C38H51N11O2/c1-38(2,3)33(39)23-34(41-27-24-40-48(25-27)22-21-46-17-9-10-18-46)43-36(50)42-31-14-15-32(30-12-6-5-11-29(30)31)51-28-13-16-35-44-45-37(49(35)26-28)47-19-7-4-8-20-47/h5-6,11-13,16,23-26,31-32,39,41H,4,7-10,14-15,17-22H2,1-3H3,(H2,42,43,50)/b34-23+,39-33?. The van der Waals surface area contributed by atoms with Crippen LogP contribution in [-0.2, 0) is 6.54 Å². The fourth-order valence-corrected chi connectivity index (χ4v) is 7.16. The average molecular weight is 694 g/mol. The van der Waals surface area contributed by atoms with E-state index >= 15 is 0 Å². The molecule has 7 rings (SSSR count). The third-order valence-electron chi connectivity index (χ3n) is 10.1. The molecule has 2 aliphatic heterocycles. The van der Waals surface area contributed by atoms with Gasteiger partial charge in [0.2, 0.25) is 5.95 Å². The summed E-state index contributed by atoms with van der Waals surface area (Å²) < 4.78 is 10.6. The summed E-state index contributed by atoms with van der Waals surface area (Å²) in [6.07, 6.45) is 14.7. The summed E-state index contributed by atoms with van der Waals surface area (Å²) >= 11 is 0.